The molecule has 94 valence electrons. The Morgan fingerprint density at radius 3 is 2.71 bits per heavy atom. The Balaban J connectivity index is 2.10. The van der Waals surface area contributed by atoms with E-state index in [1.807, 2.05) is 13.0 Å². The van der Waals surface area contributed by atoms with Gasteiger partial charge in [0.15, 0.2) is 0 Å². The summed E-state index contributed by atoms with van der Waals surface area (Å²) in [4.78, 5) is 8.84. The minimum atomic E-state index is 0.573. The molecule has 0 amide bonds. The molecule has 1 aromatic rings. The molecule has 1 aliphatic rings. The molecular formula is C13H21N3O. The Morgan fingerprint density at radius 2 is 2.06 bits per heavy atom. The number of aromatic nitrogens is 2. The number of ether oxygens (including phenoxy) is 1. The van der Waals surface area contributed by atoms with Gasteiger partial charge in [-0.2, -0.15) is 4.98 Å². The van der Waals surface area contributed by atoms with Gasteiger partial charge in [0.05, 0.1) is 6.61 Å². The number of rotatable bonds is 5. The second-order valence-electron chi connectivity index (χ2n) is 4.42. The van der Waals surface area contributed by atoms with Gasteiger partial charge in [0.25, 0.3) is 0 Å². The van der Waals surface area contributed by atoms with Gasteiger partial charge in [0, 0.05) is 18.5 Å². The lowest BCUT2D eigenvalue weighted by molar-refractivity contribution is 0.325. The molecule has 1 aromatic heterocycles. The Morgan fingerprint density at radius 1 is 1.29 bits per heavy atom. The maximum atomic E-state index is 5.46. The third-order valence-corrected chi connectivity index (χ3v) is 3.06. The van der Waals surface area contributed by atoms with Crippen molar-refractivity contribution in [2.75, 3.05) is 11.9 Å². The van der Waals surface area contributed by atoms with E-state index in [1.54, 1.807) is 0 Å². The zero-order valence-corrected chi connectivity index (χ0v) is 10.7. The first-order valence-electron chi connectivity index (χ1n) is 6.59. The molecule has 2 rings (SSSR count). The smallest absolute Gasteiger partial charge is 0.218 e. The second kappa shape index (κ2) is 5.84. The molecule has 0 atom stereocenters. The Labute approximate surface area is 103 Å². The van der Waals surface area contributed by atoms with Gasteiger partial charge in [0.2, 0.25) is 5.88 Å². The Bertz CT molecular complexity index is 362. The average Bonchev–Trinajstić information content (AvgIpc) is 2.82. The third kappa shape index (κ3) is 3.32. The van der Waals surface area contributed by atoms with E-state index in [-0.39, 0.29) is 0 Å². The largest absolute Gasteiger partial charge is 0.478 e. The molecule has 0 radical (unpaired) electrons. The molecule has 4 nitrogen and oxygen atoms in total. The normalized spacial score (nSPS) is 16.1. The summed E-state index contributed by atoms with van der Waals surface area (Å²) in [5.74, 6) is 2.43. The first-order valence-corrected chi connectivity index (χ1v) is 6.59. The lowest BCUT2D eigenvalue weighted by Gasteiger charge is -2.14. The average molecular weight is 235 g/mol. The standard InChI is InChI=1S/C13H21N3O/c1-3-11-15-12(9-13(16-11)17-4-2)14-10-7-5-6-8-10/h9-10H,3-8H2,1-2H3,(H,14,15,16). The van der Waals surface area contributed by atoms with E-state index in [0.29, 0.717) is 18.5 Å². The monoisotopic (exact) mass is 235 g/mol. The first-order chi connectivity index (χ1) is 8.31. The molecule has 1 saturated carbocycles. The van der Waals surface area contributed by atoms with Crippen molar-refractivity contribution in [1.82, 2.24) is 9.97 Å². The zero-order valence-electron chi connectivity index (χ0n) is 10.7. The fourth-order valence-corrected chi connectivity index (χ4v) is 2.21. The minimum Gasteiger partial charge on any atom is -0.478 e. The number of hydrogen-bond donors (Lipinski definition) is 1. The fraction of sp³-hybridized carbons (Fsp3) is 0.692. The molecule has 4 heteroatoms. The van der Waals surface area contributed by atoms with E-state index in [0.717, 1.165) is 18.1 Å². The molecule has 0 saturated heterocycles. The van der Waals surface area contributed by atoms with Crippen molar-refractivity contribution in [3.63, 3.8) is 0 Å². The lowest BCUT2D eigenvalue weighted by Crippen LogP contribution is -2.16. The summed E-state index contributed by atoms with van der Waals surface area (Å²) >= 11 is 0. The molecule has 0 unspecified atom stereocenters. The highest BCUT2D eigenvalue weighted by Crippen LogP contribution is 2.23. The highest BCUT2D eigenvalue weighted by molar-refractivity contribution is 5.39. The predicted octanol–water partition coefficient (Wildman–Crippen LogP) is 2.79. The van der Waals surface area contributed by atoms with E-state index in [9.17, 15) is 0 Å². The summed E-state index contributed by atoms with van der Waals surface area (Å²) in [5, 5.41) is 3.48. The number of aryl methyl sites for hydroxylation is 1. The quantitative estimate of drug-likeness (QED) is 0.852. The van der Waals surface area contributed by atoms with Crippen LogP contribution in [0, 0.1) is 0 Å². The summed E-state index contributed by atoms with van der Waals surface area (Å²) in [6.07, 6.45) is 5.97. The van der Waals surface area contributed by atoms with Gasteiger partial charge in [-0.1, -0.05) is 19.8 Å². The van der Waals surface area contributed by atoms with Crippen LogP contribution in [0.1, 0.15) is 45.4 Å². The van der Waals surface area contributed by atoms with Gasteiger partial charge in [-0.05, 0) is 19.8 Å². The topological polar surface area (TPSA) is 47.0 Å². The van der Waals surface area contributed by atoms with Gasteiger partial charge < -0.3 is 10.1 Å². The van der Waals surface area contributed by atoms with Crippen molar-refractivity contribution < 1.29 is 4.74 Å². The van der Waals surface area contributed by atoms with Crippen LogP contribution in [0.3, 0.4) is 0 Å². The van der Waals surface area contributed by atoms with Crippen LogP contribution >= 0.6 is 0 Å². The lowest BCUT2D eigenvalue weighted by atomic mass is 10.2. The maximum absolute atomic E-state index is 5.46. The molecule has 1 N–H and O–H groups in total. The van der Waals surface area contributed by atoms with E-state index < -0.39 is 0 Å². The van der Waals surface area contributed by atoms with Gasteiger partial charge in [-0.15, -0.1) is 0 Å². The number of nitrogens with one attached hydrogen (secondary N) is 1. The Kier molecular flexibility index (Phi) is 4.18. The number of anilines is 1. The van der Waals surface area contributed by atoms with Gasteiger partial charge in [0.1, 0.15) is 11.6 Å². The highest BCUT2D eigenvalue weighted by Gasteiger charge is 2.15. The summed E-state index contributed by atoms with van der Waals surface area (Å²) in [6.45, 7) is 4.67. The van der Waals surface area contributed by atoms with Crippen LogP contribution in [0.4, 0.5) is 5.82 Å². The summed E-state index contributed by atoms with van der Waals surface area (Å²) < 4.78 is 5.46. The van der Waals surface area contributed by atoms with Gasteiger partial charge >= 0.3 is 0 Å². The first kappa shape index (κ1) is 12.1. The van der Waals surface area contributed by atoms with Gasteiger partial charge in [-0.3, -0.25) is 0 Å². The summed E-state index contributed by atoms with van der Waals surface area (Å²) in [6, 6.07) is 2.48. The van der Waals surface area contributed by atoms with Crippen LogP contribution in [0.25, 0.3) is 0 Å². The van der Waals surface area contributed by atoms with Crippen LogP contribution in [0.2, 0.25) is 0 Å². The number of hydrogen-bond acceptors (Lipinski definition) is 4. The van der Waals surface area contributed by atoms with Crippen molar-refractivity contribution in [2.24, 2.45) is 0 Å². The number of nitrogens with zero attached hydrogens (tertiary/aromatic N) is 2. The molecule has 0 aliphatic heterocycles. The molecule has 0 aromatic carbocycles. The molecule has 0 spiro atoms. The third-order valence-electron chi connectivity index (χ3n) is 3.06. The van der Waals surface area contributed by atoms with Gasteiger partial charge in [-0.25, -0.2) is 4.98 Å². The van der Waals surface area contributed by atoms with Crippen LogP contribution in [-0.4, -0.2) is 22.6 Å². The highest BCUT2D eigenvalue weighted by atomic mass is 16.5. The van der Waals surface area contributed by atoms with Crippen molar-refractivity contribution >= 4 is 5.82 Å². The van der Waals surface area contributed by atoms with E-state index in [1.165, 1.54) is 25.7 Å². The van der Waals surface area contributed by atoms with Crippen LogP contribution in [0.15, 0.2) is 6.07 Å². The fourth-order valence-electron chi connectivity index (χ4n) is 2.21. The van der Waals surface area contributed by atoms with Crippen LogP contribution < -0.4 is 10.1 Å². The van der Waals surface area contributed by atoms with Crippen molar-refractivity contribution in [1.29, 1.82) is 0 Å². The van der Waals surface area contributed by atoms with E-state index in [4.69, 9.17) is 4.74 Å². The molecular weight excluding hydrogens is 214 g/mol. The summed E-state index contributed by atoms with van der Waals surface area (Å²) in [7, 11) is 0. The molecule has 1 fully saturated rings. The second-order valence-corrected chi connectivity index (χ2v) is 4.42. The maximum Gasteiger partial charge on any atom is 0.218 e. The molecule has 1 heterocycles. The van der Waals surface area contributed by atoms with E-state index >= 15 is 0 Å². The summed E-state index contributed by atoms with van der Waals surface area (Å²) in [5.41, 5.74) is 0. The SMILES string of the molecule is CCOc1cc(NC2CCCC2)nc(CC)n1. The molecule has 0 bridgehead atoms. The predicted molar refractivity (Wildman–Crippen MR) is 68.5 cm³/mol. The van der Waals surface area contributed by atoms with Crippen molar-refractivity contribution in [3.05, 3.63) is 11.9 Å². The minimum absolute atomic E-state index is 0.573. The van der Waals surface area contributed by atoms with E-state index in [2.05, 4.69) is 22.2 Å². The van der Waals surface area contributed by atoms with Crippen LogP contribution in [-0.2, 0) is 6.42 Å². The molecule has 17 heavy (non-hydrogen) atoms. The van der Waals surface area contributed by atoms with Crippen LogP contribution in [0.5, 0.6) is 5.88 Å². The Hall–Kier alpha value is -1.32. The van der Waals surface area contributed by atoms with Crippen molar-refractivity contribution in [2.45, 2.75) is 52.0 Å². The zero-order chi connectivity index (χ0) is 12.1. The molecule has 1 aliphatic carbocycles. The van der Waals surface area contributed by atoms with Crippen molar-refractivity contribution in [3.8, 4) is 5.88 Å².